The fourth-order valence-electron chi connectivity index (χ4n) is 3.14. The second kappa shape index (κ2) is 12.3. The van der Waals surface area contributed by atoms with Crippen LogP contribution in [0.25, 0.3) is 10.8 Å². The molecule has 0 aliphatic rings. The number of unbranched alkanes of at least 4 members (excludes halogenated alkanes) is 5. The van der Waals surface area contributed by atoms with E-state index in [0.717, 1.165) is 25.7 Å². The zero-order valence-electron chi connectivity index (χ0n) is 16.1. The van der Waals surface area contributed by atoms with E-state index in [2.05, 4.69) is 61.5 Å². The van der Waals surface area contributed by atoms with Gasteiger partial charge in [-0.25, -0.2) is 0 Å². The molecule has 2 rings (SSSR count). The third-order valence-electron chi connectivity index (χ3n) is 4.66. The zero-order valence-corrected chi connectivity index (χ0v) is 16.1. The predicted octanol–water partition coefficient (Wildman–Crippen LogP) is 6.62. The monoisotopic (exact) mass is 352 g/mol. The molecule has 2 heteroatoms. The maximum atomic E-state index is 11.7. The quantitative estimate of drug-likeness (QED) is 0.244. The van der Waals surface area contributed by atoms with Gasteiger partial charge in [0.2, 0.25) is 0 Å². The Morgan fingerprint density at radius 2 is 1.69 bits per heavy atom. The average Bonchev–Trinajstić information content (AvgIpc) is 2.67. The molecular weight excluding hydrogens is 320 g/mol. The number of hydrogen-bond acceptors (Lipinski definition) is 2. The summed E-state index contributed by atoms with van der Waals surface area (Å²) in [4.78, 5) is 11.7. The van der Waals surface area contributed by atoms with Gasteiger partial charge in [0.15, 0.2) is 0 Å². The van der Waals surface area contributed by atoms with Crippen LogP contribution in [0.3, 0.4) is 0 Å². The molecule has 0 heterocycles. The number of benzene rings is 2. The van der Waals surface area contributed by atoms with E-state index < -0.39 is 0 Å². The van der Waals surface area contributed by atoms with Crippen molar-refractivity contribution in [2.75, 3.05) is 6.61 Å². The van der Waals surface area contributed by atoms with Crippen molar-refractivity contribution in [3.8, 4) is 0 Å². The molecule has 0 N–H and O–H groups in total. The van der Waals surface area contributed by atoms with Crippen molar-refractivity contribution in [2.45, 2.75) is 64.7 Å². The Hall–Kier alpha value is -2.09. The Kier molecular flexibility index (Phi) is 9.56. The number of ether oxygens (including phenoxy) is 1. The maximum Gasteiger partial charge on any atom is 0.306 e. The molecule has 0 aliphatic carbocycles. The first kappa shape index (κ1) is 20.2. The topological polar surface area (TPSA) is 26.3 Å². The molecule has 2 aromatic rings. The SMILES string of the molecule is CCCCCCCCOC(=O)CCC=CCc1cccc2ccccc12. The van der Waals surface area contributed by atoms with Crippen molar-refractivity contribution in [2.24, 2.45) is 0 Å². The van der Waals surface area contributed by atoms with Crippen LogP contribution in [0.5, 0.6) is 0 Å². The molecule has 0 unspecified atom stereocenters. The van der Waals surface area contributed by atoms with E-state index in [-0.39, 0.29) is 5.97 Å². The van der Waals surface area contributed by atoms with Gasteiger partial charge in [0.05, 0.1) is 6.61 Å². The summed E-state index contributed by atoms with van der Waals surface area (Å²) in [6, 6.07) is 14.9. The van der Waals surface area contributed by atoms with Crippen molar-refractivity contribution in [1.82, 2.24) is 0 Å². The largest absolute Gasteiger partial charge is 0.466 e. The van der Waals surface area contributed by atoms with Crippen molar-refractivity contribution in [3.05, 3.63) is 60.2 Å². The van der Waals surface area contributed by atoms with Crippen LogP contribution in [0.15, 0.2) is 54.6 Å². The van der Waals surface area contributed by atoms with E-state index >= 15 is 0 Å². The highest BCUT2D eigenvalue weighted by atomic mass is 16.5. The number of carbonyl (C=O) groups is 1. The highest BCUT2D eigenvalue weighted by Gasteiger charge is 2.01. The normalized spacial score (nSPS) is 11.3. The summed E-state index contributed by atoms with van der Waals surface area (Å²) in [6.45, 7) is 2.79. The predicted molar refractivity (Wildman–Crippen MR) is 110 cm³/mol. The number of allylic oxidation sites excluding steroid dienone is 2. The third-order valence-corrected chi connectivity index (χ3v) is 4.66. The van der Waals surface area contributed by atoms with Crippen molar-refractivity contribution in [1.29, 1.82) is 0 Å². The van der Waals surface area contributed by atoms with Crippen LogP contribution in [0.2, 0.25) is 0 Å². The first-order valence-corrected chi connectivity index (χ1v) is 10.1. The van der Waals surface area contributed by atoms with Crippen molar-refractivity contribution in [3.63, 3.8) is 0 Å². The molecule has 26 heavy (non-hydrogen) atoms. The number of carbonyl (C=O) groups excluding carboxylic acids is 1. The summed E-state index contributed by atoms with van der Waals surface area (Å²) < 4.78 is 5.30. The first-order valence-electron chi connectivity index (χ1n) is 10.1. The van der Waals surface area contributed by atoms with Gasteiger partial charge in [-0.05, 0) is 35.6 Å². The van der Waals surface area contributed by atoms with Gasteiger partial charge >= 0.3 is 5.97 Å². The minimum absolute atomic E-state index is 0.0756. The van der Waals surface area contributed by atoms with E-state index in [0.29, 0.717) is 13.0 Å². The van der Waals surface area contributed by atoms with Gasteiger partial charge in [-0.15, -0.1) is 0 Å². The standard InChI is InChI=1S/C24H32O2/c1-2-3-4-5-6-12-20-26-24(25)19-9-7-8-14-21-16-13-17-22-15-10-11-18-23(21)22/h7-8,10-11,13,15-18H,2-6,9,12,14,19-20H2,1H3. The molecule has 0 spiro atoms. The Balaban J connectivity index is 1.59. The Labute approximate surface area is 158 Å². The Morgan fingerprint density at radius 1 is 0.923 bits per heavy atom. The lowest BCUT2D eigenvalue weighted by Crippen LogP contribution is -2.05. The second-order valence-corrected chi connectivity index (χ2v) is 6.84. The van der Waals surface area contributed by atoms with Crippen molar-refractivity contribution < 1.29 is 9.53 Å². The molecule has 0 amide bonds. The summed E-state index contributed by atoms with van der Waals surface area (Å²) in [5, 5.41) is 2.58. The van der Waals surface area contributed by atoms with E-state index in [9.17, 15) is 4.79 Å². The number of hydrogen-bond donors (Lipinski definition) is 0. The van der Waals surface area contributed by atoms with Gasteiger partial charge in [0, 0.05) is 6.42 Å². The van der Waals surface area contributed by atoms with Gasteiger partial charge < -0.3 is 4.74 Å². The van der Waals surface area contributed by atoms with Gasteiger partial charge in [0.1, 0.15) is 0 Å². The van der Waals surface area contributed by atoms with Crippen LogP contribution in [-0.4, -0.2) is 12.6 Å². The van der Waals surface area contributed by atoms with Crippen LogP contribution in [-0.2, 0) is 16.0 Å². The summed E-state index contributed by atoms with van der Waals surface area (Å²) >= 11 is 0. The minimum Gasteiger partial charge on any atom is -0.466 e. The van der Waals surface area contributed by atoms with E-state index in [1.54, 1.807) is 0 Å². The molecule has 0 fully saturated rings. The Morgan fingerprint density at radius 3 is 2.58 bits per heavy atom. The summed E-state index contributed by atoms with van der Waals surface area (Å²) in [7, 11) is 0. The molecule has 2 aromatic carbocycles. The van der Waals surface area contributed by atoms with Gasteiger partial charge in [0.25, 0.3) is 0 Å². The number of fused-ring (bicyclic) bond motifs is 1. The Bertz CT molecular complexity index is 682. The van der Waals surface area contributed by atoms with Crippen LogP contribution in [0.4, 0.5) is 0 Å². The van der Waals surface area contributed by atoms with Crippen LogP contribution in [0, 0.1) is 0 Å². The molecule has 0 aromatic heterocycles. The van der Waals surface area contributed by atoms with Crippen molar-refractivity contribution >= 4 is 16.7 Å². The maximum absolute atomic E-state index is 11.7. The highest BCUT2D eigenvalue weighted by Crippen LogP contribution is 2.19. The fraction of sp³-hybridized carbons (Fsp3) is 0.458. The second-order valence-electron chi connectivity index (χ2n) is 6.84. The lowest BCUT2D eigenvalue weighted by Gasteiger charge is -2.04. The average molecular weight is 353 g/mol. The number of rotatable bonds is 12. The minimum atomic E-state index is -0.0756. The molecule has 0 atom stereocenters. The van der Waals surface area contributed by atoms with Crippen LogP contribution >= 0.6 is 0 Å². The first-order chi connectivity index (χ1) is 12.8. The van der Waals surface area contributed by atoms with E-state index in [1.807, 2.05) is 0 Å². The van der Waals surface area contributed by atoms with Crippen LogP contribution in [0.1, 0.15) is 63.9 Å². The lowest BCUT2D eigenvalue weighted by atomic mass is 10.0. The van der Waals surface area contributed by atoms with Crippen LogP contribution < -0.4 is 0 Å². The lowest BCUT2D eigenvalue weighted by molar-refractivity contribution is -0.143. The fourth-order valence-corrected chi connectivity index (χ4v) is 3.14. The molecule has 2 nitrogen and oxygen atoms in total. The molecule has 0 radical (unpaired) electrons. The summed E-state index contributed by atoms with van der Waals surface area (Å²) in [5.74, 6) is -0.0756. The number of esters is 1. The molecular formula is C24H32O2. The smallest absolute Gasteiger partial charge is 0.306 e. The molecule has 140 valence electrons. The molecule has 0 saturated carbocycles. The third kappa shape index (κ3) is 7.43. The highest BCUT2D eigenvalue weighted by molar-refractivity contribution is 5.85. The van der Waals surface area contributed by atoms with Gasteiger partial charge in [-0.3, -0.25) is 4.79 Å². The van der Waals surface area contributed by atoms with E-state index in [1.165, 1.54) is 42.0 Å². The molecule has 0 saturated heterocycles. The van der Waals surface area contributed by atoms with Gasteiger partial charge in [-0.2, -0.15) is 0 Å². The summed E-state index contributed by atoms with van der Waals surface area (Å²) in [5.41, 5.74) is 1.32. The molecule has 0 bridgehead atoms. The molecule has 0 aliphatic heterocycles. The zero-order chi connectivity index (χ0) is 18.5. The van der Waals surface area contributed by atoms with E-state index in [4.69, 9.17) is 4.74 Å². The van der Waals surface area contributed by atoms with Gasteiger partial charge in [-0.1, -0.05) is 93.6 Å². The summed E-state index contributed by atoms with van der Waals surface area (Å²) in [6.07, 6.45) is 13.7.